The van der Waals surface area contributed by atoms with Crippen LogP contribution in [0, 0.1) is 5.82 Å². The molecule has 0 aliphatic carbocycles. The number of rotatable bonds is 0. The molecular weight excluding hydrogens is 265 g/mol. The highest BCUT2D eigenvalue weighted by Crippen LogP contribution is 2.29. The summed E-state index contributed by atoms with van der Waals surface area (Å²) in [4.78, 5) is 3.94. The maximum absolute atomic E-state index is 12.9. The van der Waals surface area contributed by atoms with Gasteiger partial charge in [0, 0.05) is 6.07 Å². The molecule has 0 fully saturated rings. The van der Waals surface area contributed by atoms with Gasteiger partial charge in [0.15, 0.2) is 4.47 Å². The van der Waals surface area contributed by atoms with E-state index in [1.54, 1.807) is 6.07 Å². The predicted octanol–water partition coefficient (Wildman–Crippen LogP) is 3.85. The van der Waals surface area contributed by atoms with Crippen LogP contribution in [0.5, 0.6) is 0 Å². The topological polar surface area (TPSA) is 12.9 Å². The minimum Gasteiger partial charge on any atom is -0.225 e. The van der Waals surface area contributed by atoms with Gasteiger partial charge in [0.2, 0.25) is 0 Å². The Bertz CT molecular complexity index is 403. The molecule has 0 spiro atoms. The van der Waals surface area contributed by atoms with Crippen molar-refractivity contribution in [2.24, 2.45) is 0 Å². The minimum atomic E-state index is -0.315. The lowest BCUT2D eigenvalue weighted by molar-refractivity contribution is 0.623. The van der Waals surface area contributed by atoms with Gasteiger partial charge >= 0.3 is 0 Å². The van der Waals surface area contributed by atoms with Crippen LogP contribution in [0.1, 0.15) is 0 Å². The molecular formula is C7H2BrClFNS. The molecule has 2 aromatic rings. The Morgan fingerprint density at radius 3 is 3.00 bits per heavy atom. The predicted molar refractivity (Wildman–Crippen MR) is 52.3 cm³/mol. The zero-order valence-corrected chi connectivity index (χ0v) is 8.80. The molecule has 2 rings (SSSR count). The van der Waals surface area contributed by atoms with Crippen molar-refractivity contribution in [1.29, 1.82) is 0 Å². The van der Waals surface area contributed by atoms with Crippen LogP contribution >= 0.6 is 38.9 Å². The largest absolute Gasteiger partial charge is 0.225 e. The molecule has 5 heteroatoms. The Hall–Kier alpha value is -0.190. The van der Waals surface area contributed by atoms with Gasteiger partial charge in [0.05, 0.1) is 14.7 Å². The van der Waals surface area contributed by atoms with Crippen LogP contribution in [-0.2, 0) is 0 Å². The van der Waals surface area contributed by atoms with Crippen LogP contribution in [0.3, 0.4) is 0 Å². The van der Waals surface area contributed by atoms with E-state index in [0.717, 1.165) is 4.70 Å². The Labute approximate surface area is 85.3 Å². The van der Waals surface area contributed by atoms with Gasteiger partial charge < -0.3 is 0 Å². The molecule has 0 radical (unpaired) electrons. The quantitative estimate of drug-likeness (QED) is 0.706. The number of fused-ring (bicyclic) bond motifs is 1. The van der Waals surface area contributed by atoms with E-state index in [-0.39, 0.29) is 5.82 Å². The van der Waals surface area contributed by atoms with Crippen molar-refractivity contribution in [3.05, 3.63) is 26.9 Å². The van der Waals surface area contributed by atoms with Crippen molar-refractivity contribution in [3.63, 3.8) is 0 Å². The van der Waals surface area contributed by atoms with Gasteiger partial charge in [-0.1, -0.05) is 11.6 Å². The number of aromatic nitrogens is 1. The van der Waals surface area contributed by atoms with E-state index in [0.29, 0.717) is 14.5 Å². The van der Waals surface area contributed by atoms with Crippen LogP contribution in [0.15, 0.2) is 16.6 Å². The number of halogens is 3. The van der Waals surface area contributed by atoms with E-state index in [4.69, 9.17) is 11.6 Å². The molecule has 0 amide bonds. The van der Waals surface area contributed by atoms with Crippen molar-refractivity contribution in [3.8, 4) is 0 Å². The minimum absolute atomic E-state index is 0.315. The highest BCUT2D eigenvalue weighted by atomic mass is 79.9. The Kier molecular flexibility index (Phi) is 2.06. The second kappa shape index (κ2) is 2.94. The molecule has 0 saturated heterocycles. The molecule has 0 bridgehead atoms. The highest BCUT2D eigenvalue weighted by Gasteiger charge is 2.05. The molecule has 1 aromatic carbocycles. The van der Waals surface area contributed by atoms with Gasteiger partial charge in [-0.25, -0.2) is 9.37 Å². The molecule has 0 unspecified atom stereocenters. The molecule has 62 valence electrons. The lowest BCUT2D eigenvalue weighted by Crippen LogP contribution is -1.75. The van der Waals surface area contributed by atoms with Crippen LogP contribution in [0.4, 0.5) is 4.39 Å². The summed E-state index contributed by atoms with van der Waals surface area (Å²) in [5.41, 5.74) is 0.603. The summed E-state index contributed by atoms with van der Waals surface area (Å²) in [6, 6.07) is 3.04. The zero-order valence-electron chi connectivity index (χ0n) is 5.64. The molecule has 0 saturated carbocycles. The third-order valence-corrected chi connectivity index (χ3v) is 3.13. The fraction of sp³-hybridized carbons (Fsp3) is 0. The van der Waals surface area contributed by atoms with E-state index in [9.17, 15) is 4.39 Å². The van der Waals surface area contributed by atoms with Crippen molar-refractivity contribution in [2.75, 3.05) is 0 Å². The SMILES string of the molecule is Fc1cc2nc(Cl)sc2cc1Br. The van der Waals surface area contributed by atoms with Gasteiger partial charge in [-0.15, -0.1) is 11.3 Å². The molecule has 0 aliphatic rings. The third kappa shape index (κ3) is 1.34. The molecule has 1 heterocycles. The van der Waals surface area contributed by atoms with Crippen molar-refractivity contribution >= 4 is 49.1 Å². The number of hydrogen-bond donors (Lipinski definition) is 0. The molecule has 1 nitrogen and oxygen atoms in total. The van der Waals surface area contributed by atoms with Crippen molar-refractivity contribution in [1.82, 2.24) is 4.98 Å². The Morgan fingerprint density at radius 2 is 2.25 bits per heavy atom. The summed E-state index contributed by atoms with van der Waals surface area (Å²) in [5.74, 6) is -0.315. The summed E-state index contributed by atoms with van der Waals surface area (Å²) in [6.45, 7) is 0. The maximum Gasteiger partial charge on any atom is 0.184 e. The van der Waals surface area contributed by atoms with Crippen LogP contribution in [0.25, 0.3) is 10.2 Å². The lowest BCUT2D eigenvalue weighted by atomic mass is 10.3. The first-order valence-electron chi connectivity index (χ1n) is 3.08. The average molecular weight is 267 g/mol. The normalized spacial score (nSPS) is 10.9. The fourth-order valence-electron chi connectivity index (χ4n) is 0.895. The van der Waals surface area contributed by atoms with E-state index in [1.807, 2.05) is 0 Å². The summed E-state index contributed by atoms with van der Waals surface area (Å²) in [5, 5.41) is 0. The van der Waals surface area contributed by atoms with Gasteiger partial charge in [-0.05, 0) is 22.0 Å². The van der Waals surface area contributed by atoms with Gasteiger partial charge in [-0.2, -0.15) is 0 Å². The lowest BCUT2D eigenvalue weighted by Gasteiger charge is -1.91. The first-order valence-corrected chi connectivity index (χ1v) is 5.06. The average Bonchev–Trinajstić information content (AvgIpc) is 2.30. The fourth-order valence-corrected chi connectivity index (χ4v) is 2.44. The molecule has 0 atom stereocenters. The Balaban J connectivity index is 2.83. The summed E-state index contributed by atoms with van der Waals surface area (Å²) < 4.78 is 14.7. The molecule has 12 heavy (non-hydrogen) atoms. The third-order valence-electron chi connectivity index (χ3n) is 1.40. The van der Waals surface area contributed by atoms with Gasteiger partial charge in [0.25, 0.3) is 0 Å². The van der Waals surface area contributed by atoms with E-state index in [1.165, 1.54) is 17.4 Å². The number of nitrogens with zero attached hydrogens (tertiary/aromatic N) is 1. The highest BCUT2D eigenvalue weighted by molar-refractivity contribution is 9.10. The van der Waals surface area contributed by atoms with E-state index < -0.39 is 0 Å². The van der Waals surface area contributed by atoms with Crippen molar-refractivity contribution < 1.29 is 4.39 Å². The molecule has 1 aromatic heterocycles. The second-order valence-corrected chi connectivity index (χ2v) is 4.67. The van der Waals surface area contributed by atoms with E-state index in [2.05, 4.69) is 20.9 Å². The standard InChI is InChI=1S/C7H2BrClFNS/c8-3-1-6-5(2-4(3)10)11-7(9)12-6/h1-2H. The second-order valence-electron chi connectivity index (χ2n) is 2.20. The first-order chi connectivity index (χ1) is 5.66. The zero-order chi connectivity index (χ0) is 8.72. The summed E-state index contributed by atoms with van der Waals surface area (Å²) >= 11 is 10.1. The summed E-state index contributed by atoms with van der Waals surface area (Å²) in [6.07, 6.45) is 0. The number of thiazole rings is 1. The Morgan fingerprint density at radius 1 is 1.50 bits per heavy atom. The van der Waals surface area contributed by atoms with Gasteiger partial charge in [0.1, 0.15) is 5.82 Å². The monoisotopic (exact) mass is 265 g/mol. The van der Waals surface area contributed by atoms with Gasteiger partial charge in [-0.3, -0.25) is 0 Å². The first kappa shape index (κ1) is 8.41. The maximum atomic E-state index is 12.9. The number of benzene rings is 1. The summed E-state index contributed by atoms with van der Waals surface area (Å²) in [7, 11) is 0. The van der Waals surface area contributed by atoms with Crippen LogP contribution in [-0.4, -0.2) is 4.98 Å². The smallest absolute Gasteiger partial charge is 0.184 e. The van der Waals surface area contributed by atoms with E-state index >= 15 is 0 Å². The van der Waals surface area contributed by atoms with Crippen LogP contribution in [0.2, 0.25) is 4.47 Å². The van der Waals surface area contributed by atoms with Crippen LogP contribution < -0.4 is 0 Å². The molecule has 0 N–H and O–H groups in total. The van der Waals surface area contributed by atoms with Crippen molar-refractivity contribution in [2.45, 2.75) is 0 Å². The molecule has 0 aliphatic heterocycles. The number of hydrogen-bond acceptors (Lipinski definition) is 2.